The van der Waals surface area contributed by atoms with Crippen LogP contribution < -0.4 is 10.6 Å². The van der Waals surface area contributed by atoms with Crippen molar-refractivity contribution >= 4 is 23.1 Å². The van der Waals surface area contributed by atoms with Crippen LogP contribution in [0.1, 0.15) is 5.56 Å². The molecule has 1 aliphatic heterocycles. The van der Waals surface area contributed by atoms with Crippen LogP contribution in [-0.2, 0) is 0 Å². The fourth-order valence-electron chi connectivity index (χ4n) is 1.54. The lowest BCUT2D eigenvalue weighted by atomic mass is 10.2. The van der Waals surface area contributed by atoms with E-state index in [-0.39, 0.29) is 0 Å². The van der Waals surface area contributed by atoms with Gasteiger partial charge in [0.2, 0.25) is 0 Å². The van der Waals surface area contributed by atoms with E-state index in [1.807, 2.05) is 25.1 Å². The maximum atomic E-state index is 6.02. The summed E-state index contributed by atoms with van der Waals surface area (Å²) in [6.07, 6.45) is 0. The summed E-state index contributed by atoms with van der Waals surface area (Å²) in [7, 11) is 0. The van der Waals surface area contributed by atoms with Gasteiger partial charge < -0.3 is 10.6 Å². The molecular formula is C11H14ClN3. The Morgan fingerprint density at radius 2 is 2.40 bits per heavy atom. The molecule has 3 nitrogen and oxygen atoms in total. The van der Waals surface area contributed by atoms with Crippen molar-refractivity contribution in [3.05, 3.63) is 28.8 Å². The van der Waals surface area contributed by atoms with E-state index in [0.717, 1.165) is 41.7 Å². The van der Waals surface area contributed by atoms with Crippen molar-refractivity contribution < 1.29 is 0 Å². The molecule has 1 aliphatic rings. The van der Waals surface area contributed by atoms with Crippen LogP contribution in [0.5, 0.6) is 0 Å². The van der Waals surface area contributed by atoms with Gasteiger partial charge in [-0.25, -0.2) is 0 Å². The molecule has 1 aromatic carbocycles. The van der Waals surface area contributed by atoms with E-state index in [0.29, 0.717) is 0 Å². The number of rotatable bonds is 3. The van der Waals surface area contributed by atoms with Gasteiger partial charge in [0.15, 0.2) is 0 Å². The first-order valence-electron chi connectivity index (χ1n) is 5.03. The van der Waals surface area contributed by atoms with Crippen LogP contribution in [0.4, 0.5) is 5.69 Å². The number of anilines is 1. The average Bonchev–Trinajstić information content (AvgIpc) is 2.73. The van der Waals surface area contributed by atoms with Crippen molar-refractivity contribution in [3.63, 3.8) is 0 Å². The van der Waals surface area contributed by atoms with E-state index in [4.69, 9.17) is 11.6 Å². The quantitative estimate of drug-likeness (QED) is 0.823. The van der Waals surface area contributed by atoms with Crippen molar-refractivity contribution in [2.45, 2.75) is 6.92 Å². The zero-order chi connectivity index (χ0) is 10.7. The van der Waals surface area contributed by atoms with E-state index in [1.54, 1.807) is 0 Å². The molecule has 2 rings (SSSR count). The average molecular weight is 224 g/mol. The molecule has 0 saturated carbocycles. The Hall–Kier alpha value is -1.22. The van der Waals surface area contributed by atoms with Gasteiger partial charge in [-0.2, -0.15) is 0 Å². The molecule has 0 fully saturated rings. The van der Waals surface area contributed by atoms with Crippen LogP contribution in [0.3, 0.4) is 0 Å². The highest BCUT2D eigenvalue weighted by molar-refractivity contribution is 6.31. The van der Waals surface area contributed by atoms with Gasteiger partial charge in [0, 0.05) is 17.3 Å². The molecule has 0 atom stereocenters. The summed E-state index contributed by atoms with van der Waals surface area (Å²) in [6.45, 7) is 4.58. The third-order valence-electron chi connectivity index (χ3n) is 2.46. The molecule has 0 aliphatic carbocycles. The largest absolute Gasteiger partial charge is 0.378 e. The Morgan fingerprint density at radius 1 is 1.53 bits per heavy atom. The molecule has 0 unspecified atom stereocenters. The molecule has 1 aromatic rings. The van der Waals surface area contributed by atoms with Crippen molar-refractivity contribution in [1.82, 2.24) is 5.32 Å². The highest BCUT2D eigenvalue weighted by atomic mass is 35.5. The molecule has 4 heteroatoms. The second kappa shape index (κ2) is 4.53. The smallest absolute Gasteiger partial charge is 0.116 e. The standard InChI is InChI=1S/C11H14ClN3/c1-8-9(12)3-2-4-10(8)15-7-11-13-5-6-14-11/h2-4,15H,5-7H2,1H3,(H,13,14). The number of benzene rings is 1. The number of hydrogen-bond donors (Lipinski definition) is 2. The third-order valence-corrected chi connectivity index (χ3v) is 2.87. The second-order valence-electron chi connectivity index (χ2n) is 3.52. The van der Waals surface area contributed by atoms with E-state index in [2.05, 4.69) is 15.6 Å². The minimum atomic E-state index is 0.737. The molecule has 0 saturated heterocycles. The van der Waals surface area contributed by atoms with Gasteiger partial charge in [0.1, 0.15) is 5.84 Å². The zero-order valence-electron chi connectivity index (χ0n) is 8.68. The summed E-state index contributed by atoms with van der Waals surface area (Å²) >= 11 is 6.02. The Morgan fingerprint density at radius 3 is 3.13 bits per heavy atom. The number of nitrogens with zero attached hydrogens (tertiary/aromatic N) is 1. The molecule has 2 N–H and O–H groups in total. The van der Waals surface area contributed by atoms with Gasteiger partial charge in [-0.05, 0) is 24.6 Å². The Bertz CT molecular complexity index is 387. The summed E-state index contributed by atoms with van der Waals surface area (Å²) < 4.78 is 0. The number of nitrogens with one attached hydrogen (secondary N) is 2. The topological polar surface area (TPSA) is 36.4 Å². The summed E-state index contributed by atoms with van der Waals surface area (Å²) in [5.41, 5.74) is 2.15. The van der Waals surface area contributed by atoms with Gasteiger partial charge in [-0.3, -0.25) is 4.99 Å². The number of hydrogen-bond acceptors (Lipinski definition) is 3. The van der Waals surface area contributed by atoms with Gasteiger partial charge in [-0.1, -0.05) is 17.7 Å². The maximum Gasteiger partial charge on any atom is 0.116 e. The van der Waals surface area contributed by atoms with Gasteiger partial charge in [-0.15, -0.1) is 0 Å². The molecule has 0 bridgehead atoms. The zero-order valence-corrected chi connectivity index (χ0v) is 9.43. The van der Waals surface area contributed by atoms with E-state index >= 15 is 0 Å². The molecule has 0 radical (unpaired) electrons. The Balaban J connectivity index is 2.01. The predicted molar refractivity (Wildman–Crippen MR) is 65.0 cm³/mol. The SMILES string of the molecule is Cc1c(Cl)cccc1NCC1=NCCN1. The predicted octanol–water partition coefficient (Wildman–Crippen LogP) is 2.06. The highest BCUT2D eigenvalue weighted by Gasteiger charge is 2.06. The second-order valence-corrected chi connectivity index (χ2v) is 3.93. The minimum Gasteiger partial charge on any atom is -0.378 e. The summed E-state index contributed by atoms with van der Waals surface area (Å²) in [5, 5.41) is 7.33. The molecule has 0 aromatic heterocycles. The van der Waals surface area contributed by atoms with E-state index < -0.39 is 0 Å². The van der Waals surface area contributed by atoms with Crippen LogP contribution in [-0.4, -0.2) is 25.5 Å². The van der Waals surface area contributed by atoms with Crippen LogP contribution in [0.15, 0.2) is 23.2 Å². The molecule has 0 amide bonds. The third kappa shape index (κ3) is 2.42. The summed E-state index contributed by atoms with van der Waals surface area (Å²) in [4.78, 5) is 4.31. The monoisotopic (exact) mass is 223 g/mol. The highest BCUT2D eigenvalue weighted by Crippen LogP contribution is 2.22. The molecule has 15 heavy (non-hydrogen) atoms. The molecule has 1 heterocycles. The summed E-state index contributed by atoms with van der Waals surface area (Å²) in [6, 6.07) is 5.87. The first kappa shape index (κ1) is 10.3. The summed E-state index contributed by atoms with van der Waals surface area (Å²) in [5.74, 6) is 1.02. The van der Waals surface area contributed by atoms with Gasteiger partial charge in [0.05, 0.1) is 13.1 Å². The minimum absolute atomic E-state index is 0.737. The lowest BCUT2D eigenvalue weighted by Gasteiger charge is -2.10. The Labute approximate surface area is 94.5 Å². The van der Waals surface area contributed by atoms with E-state index in [1.165, 1.54) is 0 Å². The lowest BCUT2D eigenvalue weighted by Crippen LogP contribution is -2.26. The van der Waals surface area contributed by atoms with Gasteiger partial charge >= 0.3 is 0 Å². The van der Waals surface area contributed by atoms with Gasteiger partial charge in [0.25, 0.3) is 0 Å². The molecule has 80 valence electrons. The van der Waals surface area contributed by atoms with Crippen molar-refractivity contribution in [2.24, 2.45) is 4.99 Å². The van der Waals surface area contributed by atoms with E-state index in [9.17, 15) is 0 Å². The lowest BCUT2D eigenvalue weighted by molar-refractivity contribution is 0.956. The molecule has 0 spiro atoms. The van der Waals surface area contributed by atoms with Crippen LogP contribution in [0, 0.1) is 6.92 Å². The fraction of sp³-hybridized carbons (Fsp3) is 0.364. The first-order chi connectivity index (χ1) is 7.27. The number of amidine groups is 1. The number of halogens is 1. The fourth-order valence-corrected chi connectivity index (χ4v) is 1.72. The Kier molecular flexibility index (Phi) is 3.11. The van der Waals surface area contributed by atoms with Crippen LogP contribution in [0.2, 0.25) is 5.02 Å². The number of aliphatic imine (C=N–C) groups is 1. The first-order valence-corrected chi connectivity index (χ1v) is 5.41. The van der Waals surface area contributed by atoms with Crippen molar-refractivity contribution in [3.8, 4) is 0 Å². The normalized spacial score (nSPS) is 14.7. The van der Waals surface area contributed by atoms with Crippen molar-refractivity contribution in [2.75, 3.05) is 25.0 Å². The maximum absolute atomic E-state index is 6.02. The van der Waals surface area contributed by atoms with Crippen molar-refractivity contribution in [1.29, 1.82) is 0 Å². The molecular weight excluding hydrogens is 210 g/mol. The van der Waals surface area contributed by atoms with Crippen LogP contribution in [0.25, 0.3) is 0 Å². The van der Waals surface area contributed by atoms with Crippen LogP contribution >= 0.6 is 11.6 Å².